The summed E-state index contributed by atoms with van der Waals surface area (Å²) in [5, 5.41) is 0. The zero-order valence-electron chi connectivity index (χ0n) is 22.9. The molecule has 1 aliphatic rings. The molecular formula is C31H36O8. The second kappa shape index (κ2) is 13.6. The molecule has 1 fully saturated rings. The van der Waals surface area contributed by atoms with Crippen LogP contribution in [0.3, 0.4) is 0 Å². The smallest absolute Gasteiger partial charge is 0.493 e. The number of ether oxygens (including phenoxy) is 5. The average Bonchev–Trinajstić information content (AvgIpc) is 2.94. The van der Waals surface area contributed by atoms with Gasteiger partial charge in [0.25, 0.3) is 0 Å². The molecule has 8 nitrogen and oxygen atoms in total. The molecular weight excluding hydrogens is 500 g/mol. The molecule has 0 aliphatic carbocycles. The van der Waals surface area contributed by atoms with Crippen LogP contribution in [0.25, 0.3) is 11.1 Å². The van der Waals surface area contributed by atoms with Crippen LogP contribution in [0.15, 0.2) is 66.8 Å². The monoisotopic (exact) mass is 536 g/mol. The average molecular weight is 537 g/mol. The molecule has 2 aromatic carbocycles. The minimum Gasteiger partial charge on any atom is -0.493 e. The quantitative estimate of drug-likeness (QED) is 0.141. The van der Waals surface area contributed by atoms with Gasteiger partial charge in [0.15, 0.2) is 0 Å². The molecule has 0 aromatic heterocycles. The topological polar surface area (TPSA) is 97.4 Å². The summed E-state index contributed by atoms with van der Waals surface area (Å²) in [7, 11) is 0. The first-order chi connectivity index (χ1) is 18.6. The van der Waals surface area contributed by atoms with Crippen molar-refractivity contribution in [3.8, 4) is 16.9 Å². The predicted octanol–water partition coefficient (Wildman–Crippen LogP) is 5.62. The Balaban J connectivity index is 1.63. The first-order valence-corrected chi connectivity index (χ1v) is 12.9. The Kier molecular flexibility index (Phi) is 10.3. The number of esters is 2. The van der Waals surface area contributed by atoms with Gasteiger partial charge in [0.05, 0.1) is 6.61 Å². The predicted molar refractivity (Wildman–Crippen MR) is 146 cm³/mol. The summed E-state index contributed by atoms with van der Waals surface area (Å²) >= 11 is 0. The van der Waals surface area contributed by atoms with Crippen LogP contribution in [-0.2, 0) is 41.4 Å². The van der Waals surface area contributed by atoms with Crippen molar-refractivity contribution in [2.75, 3.05) is 33.0 Å². The fraction of sp³-hybridized carbons (Fsp3) is 0.387. The molecule has 1 aliphatic heterocycles. The molecule has 0 N–H and O–H groups in total. The SMILES string of the molecule is C=C(C)C(=O)OCCCc1ccc(-c2ccc(OCC3(COC(=O)C(=C)C)COC(=O)OC3)cc2CC)cc1. The number of benzene rings is 2. The van der Waals surface area contributed by atoms with E-state index in [4.69, 9.17) is 23.7 Å². The van der Waals surface area contributed by atoms with Crippen LogP contribution in [0.4, 0.5) is 4.79 Å². The van der Waals surface area contributed by atoms with E-state index in [0.29, 0.717) is 17.9 Å². The molecule has 8 heteroatoms. The molecule has 2 aromatic rings. The maximum Gasteiger partial charge on any atom is 0.508 e. The van der Waals surface area contributed by atoms with E-state index >= 15 is 0 Å². The van der Waals surface area contributed by atoms with Gasteiger partial charge in [-0.2, -0.15) is 0 Å². The molecule has 0 saturated carbocycles. The standard InChI is InChI=1S/C31H36O8/c1-6-24-16-26(36-17-31(18-37-29(33)22(4)5)19-38-30(34)39-20-31)13-14-27(24)25-11-9-23(10-12-25)8-7-15-35-28(32)21(2)3/h9-14,16H,2,4,6-8,15,17-20H2,1,3,5H3. The van der Waals surface area contributed by atoms with Crippen molar-refractivity contribution in [1.29, 1.82) is 0 Å². The molecule has 0 bridgehead atoms. The van der Waals surface area contributed by atoms with Gasteiger partial charge in [0, 0.05) is 11.1 Å². The molecule has 0 radical (unpaired) electrons. The first kappa shape index (κ1) is 29.5. The van der Waals surface area contributed by atoms with Gasteiger partial charge in [-0.3, -0.25) is 0 Å². The van der Waals surface area contributed by atoms with E-state index in [-0.39, 0.29) is 38.0 Å². The van der Waals surface area contributed by atoms with E-state index in [9.17, 15) is 14.4 Å². The summed E-state index contributed by atoms with van der Waals surface area (Å²) in [4.78, 5) is 34.8. The normalized spacial score (nSPS) is 14.0. The number of hydrogen-bond acceptors (Lipinski definition) is 8. The Hall–Kier alpha value is -4.07. The highest BCUT2D eigenvalue weighted by Gasteiger charge is 2.40. The van der Waals surface area contributed by atoms with Crippen molar-refractivity contribution in [3.05, 3.63) is 77.9 Å². The highest BCUT2D eigenvalue weighted by molar-refractivity contribution is 5.87. The maximum absolute atomic E-state index is 11.9. The van der Waals surface area contributed by atoms with Crippen molar-refractivity contribution in [1.82, 2.24) is 0 Å². The van der Waals surface area contributed by atoms with Crippen molar-refractivity contribution in [3.63, 3.8) is 0 Å². The van der Waals surface area contributed by atoms with Crippen LogP contribution >= 0.6 is 0 Å². The number of rotatable bonds is 13. The highest BCUT2D eigenvalue weighted by atomic mass is 16.7. The van der Waals surface area contributed by atoms with E-state index in [2.05, 4.69) is 44.3 Å². The van der Waals surface area contributed by atoms with Crippen LogP contribution < -0.4 is 4.74 Å². The third kappa shape index (κ3) is 8.46. The highest BCUT2D eigenvalue weighted by Crippen LogP contribution is 2.31. The van der Waals surface area contributed by atoms with Gasteiger partial charge in [-0.15, -0.1) is 0 Å². The minimum atomic E-state index is -0.831. The van der Waals surface area contributed by atoms with Gasteiger partial charge in [0.2, 0.25) is 0 Å². The van der Waals surface area contributed by atoms with E-state index in [1.54, 1.807) is 13.8 Å². The van der Waals surface area contributed by atoms with E-state index < -0.39 is 17.5 Å². The lowest BCUT2D eigenvalue weighted by Gasteiger charge is -2.34. The number of cyclic esters (lactones) is 2. The van der Waals surface area contributed by atoms with Gasteiger partial charge in [-0.1, -0.05) is 50.4 Å². The maximum atomic E-state index is 11.9. The lowest BCUT2D eigenvalue weighted by atomic mass is 9.91. The van der Waals surface area contributed by atoms with Gasteiger partial charge < -0.3 is 23.7 Å². The molecule has 0 spiro atoms. The van der Waals surface area contributed by atoms with E-state index in [1.807, 2.05) is 18.2 Å². The molecule has 0 atom stereocenters. The van der Waals surface area contributed by atoms with Crippen molar-refractivity contribution < 1.29 is 38.1 Å². The molecule has 39 heavy (non-hydrogen) atoms. The molecule has 208 valence electrons. The summed E-state index contributed by atoms with van der Waals surface area (Å²) < 4.78 is 26.7. The third-order valence-electron chi connectivity index (χ3n) is 6.31. The van der Waals surface area contributed by atoms with Crippen LogP contribution in [0, 0.1) is 5.41 Å². The van der Waals surface area contributed by atoms with Crippen LogP contribution in [0.2, 0.25) is 0 Å². The van der Waals surface area contributed by atoms with Crippen molar-refractivity contribution in [2.24, 2.45) is 5.41 Å². The van der Waals surface area contributed by atoms with E-state index in [0.717, 1.165) is 41.5 Å². The molecule has 3 rings (SSSR count). The summed E-state index contributed by atoms with van der Waals surface area (Å²) in [6.07, 6.45) is 1.58. The first-order valence-electron chi connectivity index (χ1n) is 12.9. The molecule has 0 amide bonds. The van der Waals surface area contributed by atoms with Crippen molar-refractivity contribution >= 4 is 18.1 Å². The summed E-state index contributed by atoms with van der Waals surface area (Å²) in [6.45, 7) is 12.9. The number of carbonyl (C=O) groups excluding carboxylic acids is 3. The summed E-state index contributed by atoms with van der Waals surface area (Å²) in [5.41, 5.74) is 4.32. The van der Waals surface area contributed by atoms with Crippen LogP contribution in [0.1, 0.15) is 38.3 Å². The van der Waals surface area contributed by atoms with E-state index in [1.165, 1.54) is 0 Å². The van der Waals surface area contributed by atoms with Crippen LogP contribution in [-0.4, -0.2) is 51.1 Å². The van der Waals surface area contributed by atoms with Gasteiger partial charge in [-0.25, -0.2) is 14.4 Å². The molecule has 1 saturated heterocycles. The second-order valence-corrected chi connectivity index (χ2v) is 9.86. The summed E-state index contributed by atoms with van der Waals surface area (Å²) in [5.74, 6) is -0.234. The fourth-order valence-electron chi connectivity index (χ4n) is 3.94. The largest absolute Gasteiger partial charge is 0.508 e. The number of hydrogen-bond donors (Lipinski definition) is 0. The summed E-state index contributed by atoms with van der Waals surface area (Å²) in [6, 6.07) is 14.2. The van der Waals surface area contributed by atoms with Crippen LogP contribution in [0.5, 0.6) is 5.75 Å². The van der Waals surface area contributed by atoms with Gasteiger partial charge in [0.1, 0.15) is 37.6 Å². The Morgan fingerprint density at radius 3 is 2.18 bits per heavy atom. The minimum absolute atomic E-state index is 0.0106. The van der Waals surface area contributed by atoms with Gasteiger partial charge >= 0.3 is 18.1 Å². The Bertz CT molecular complexity index is 1200. The zero-order chi connectivity index (χ0) is 28.4. The number of carbonyl (C=O) groups is 3. The molecule has 1 heterocycles. The Morgan fingerprint density at radius 1 is 0.923 bits per heavy atom. The Labute approximate surface area is 229 Å². The molecule has 0 unspecified atom stereocenters. The van der Waals surface area contributed by atoms with Gasteiger partial charge in [-0.05, 0) is 67.5 Å². The Morgan fingerprint density at radius 2 is 1.56 bits per heavy atom. The van der Waals surface area contributed by atoms with Crippen molar-refractivity contribution in [2.45, 2.75) is 40.0 Å². The lowest BCUT2D eigenvalue weighted by Crippen LogP contribution is -2.47. The second-order valence-electron chi connectivity index (χ2n) is 9.86. The number of aryl methyl sites for hydroxylation is 2. The lowest BCUT2D eigenvalue weighted by molar-refractivity contribution is -0.151. The zero-order valence-corrected chi connectivity index (χ0v) is 22.9. The third-order valence-corrected chi connectivity index (χ3v) is 6.31. The fourth-order valence-corrected chi connectivity index (χ4v) is 3.94.